The van der Waals surface area contributed by atoms with Gasteiger partial charge in [0.05, 0.1) is 7.11 Å². The number of aromatic nitrogens is 2. The molecule has 2 aromatic rings. The van der Waals surface area contributed by atoms with Gasteiger partial charge in [-0.1, -0.05) is 0 Å². The lowest BCUT2D eigenvalue weighted by molar-refractivity contribution is -0.273. The molecule has 2 heterocycles. The first-order valence-electron chi connectivity index (χ1n) is 5.15. The predicted molar refractivity (Wildman–Crippen MR) is 62.1 cm³/mol. The summed E-state index contributed by atoms with van der Waals surface area (Å²) in [5.74, 6) is 0. The van der Waals surface area contributed by atoms with Crippen LogP contribution in [0.15, 0.2) is 24.5 Å². The number of anilines is 1. The zero-order valence-corrected chi connectivity index (χ0v) is 9.36. The van der Waals surface area contributed by atoms with Gasteiger partial charge in [0.25, 0.3) is 0 Å². The van der Waals surface area contributed by atoms with Gasteiger partial charge in [-0.15, -0.1) is 0 Å². The average molecular weight is 221 g/mol. The van der Waals surface area contributed by atoms with Gasteiger partial charge in [0.15, 0.2) is 0 Å². The molecule has 16 heavy (non-hydrogen) atoms. The van der Waals surface area contributed by atoms with Gasteiger partial charge >= 0.3 is 0 Å². The molecular weight excluding hydrogens is 206 g/mol. The first-order valence-corrected chi connectivity index (χ1v) is 5.15. The molecule has 5 heteroatoms. The number of hydrogen-bond acceptors (Lipinski definition) is 4. The lowest BCUT2D eigenvalue weighted by Crippen LogP contribution is -2.21. The van der Waals surface area contributed by atoms with Crippen molar-refractivity contribution in [2.24, 2.45) is 0 Å². The highest BCUT2D eigenvalue weighted by Gasteiger charge is 2.06. The summed E-state index contributed by atoms with van der Waals surface area (Å²) in [6.07, 6.45) is 3.64. The molecule has 2 rings (SSSR count). The Kier molecular flexibility index (Phi) is 3.38. The van der Waals surface area contributed by atoms with Crippen LogP contribution in [0.2, 0.25) is 0 Å². The molecule has 0 fully saturated rings. The maximum atomic E-state index is 4.88. The van der Waals surface area contributed by atoms with Crippen LogP contribution in [0.25, 0.3) is 11.0 Å². The van der Waals surface area contributed by atoms with Crippen LogP contribution in [0, 0.1) is 0 Å². The highest BCUT2D eigenvalue weighted by Crippen LogP contribution is 2.20. The van der Waals surface area contributed by atoms with Crippen LogP contribution in [0.1, 0.15) is 6.92 Å². The number of H-pyrrole nitrogens is 1. The summed E-state index contributed by atoms with van der Waals surface area (Å²) in [5, 5.41) is 4.42. The molecule has 0 amide bonds. The molecule has 0 aliphatic heterocycles. The van der Waals surface area contributed by atoms with Crippen molar-refractivity contribution in [2.45, 2.75) is 13.0 Å². The summed E-state index contributed by atoms with van der Waals surface area (Å²) in [7, 11) is 1.50. The van der Waals surface area contributed by atoms with Gasteiger partial charge in [0, 0.05) is 29.5 Å². The SMILES string of the molecule is COOCC(C)Nc1ccnc2[nH]ccc12. The van der Waals surface area contributed by atoms with Gasteiger partial charge < -0.3 is 10.3 Å². The van der Waals surface area contributed by atoms with E-state index in [1.165, 1.54) is 7.11 Å². The van der Waals surface area contributed by atoms with E-state index < -0.39 is 0 Å². The molecule has 2 N–H and O–H groups in total. The van der Waals surface area contributed by atoms with E-state index in [-0.39, 0.29) is 6.04 Å². The van der Waals surface area contributed by atoms with E-state index >= 15 is 0 Å². The molecule has 0 saturated carbocycles. The van der Waals surface area contributed by atoms with Crippen LogP contribution < -0.4 is 5.32 Å². The Morgan fingerprint density at radius 1 is 1.50 bits per heavy atom. The number of fused-ring (bicyclic) bond motifs is 1. The molecule has 0 spiro atoms. The molecule has 0 aliphatic carbocycles. The van der Waals surface area contributed by atoms with Crippen molar-refractivity contribution in [1.82, 2.24) is 9.97 Å². The molecule has 1 unspecified atom stereocenters. The number of hydrogen-bond donors (Lipinski definition) is 2. The van der Waals surface area contributed by atoms with Crippen LogP contribution in [-0.2, 0) is 9.78 Å². The Bertz CT molecular complexity index is 455. The maximum absolute atomic E-state index is 4.88. The van der Waals surface area contributed by atoms with Gasteiger partial charge in [-0.3, -0.25) is 0 Å². The quantitative estimate of drug-likeness (QED) is 0.598. The summed E-state index contributed by atoms with van der Waals surface area (Å²) >= 11 is 0. The Hall–Kier alpha value is -1.59. The Labute approximate surface area is 93.7 Å². The zero-order chi connectivity index (χ0) is 11.4. The normalized spacial score (nSPS) is 12.9. The average Bonchev–Trinajstić information content (AvgIpc) is 2.75. The fourth-order valence-corrected chi connectivity index (χ4v) is 1.56. The minimum absolute atomic E-state index is 0.167. The number of nitrogens with one attached hydrogen (secondary N) is 2. The molecular formula is C11H15N3O2. The van der Waals surface area contributed by atoms with E-state index in [1.54, 1.807) is 6.20 Å². The highest BCUT2D eigenvalue weighted by atomic mass is 17.2. The standard InChI is InChI=1S/C11H15N3O2/c1-8(7-16-15-2)14-10-4-6-13-11-9(10)3-5-12-11/h3-6,8H,7H2,1-2H3,(H2,12,13,14). The van der Waals surface area contributed by atoms with E-state index in [0.29, 0.717) is 6.61 Å². The Morgan fingerprint density at radius 3 is 3.19 bits per heavy atom. The molecule has 5 nitrogen and oxygen atoms in total. The molecule has 2 aromatic heterocycles. The zero-order valence-electron chi connectivity index (χ0n) is 9.36. The molecule has 0 bridgehead atoms. The summed E-state index contributed by atoms with van der Waals surface area (Å²) in [5.41, 5.74) is 1.92. The van der Waals surface area contributed by atoms with Crippen LogP contribution in [-0.4, -0.2) is 29.7 Å². The number of rotatable bonds is 5. The first kappa shape index (κ1) is 10.9. The van der Waals surface area contributed by atoms with Crippen molar-refractivity contribution >= 4 is 16.7 Å². The molecule has 0 aromatic carbocycles. The van der Waals surface area contributed by atoms with Crippen molar-refractivity contribution in [2.75, 3.05) is 19.0 Å². The van der Waals surface area contributed by atoms with Crippen molar-refractivity contribution in [3.63, 3.8) is 0 Å². The molecule has 0 saturated heterocycles. The van der Waals surface area contributed by atoms with Gasteiger partial charge in [0.1, 0.15) is 12.3 Å². The van der Waals surface area contributed by atoms with Crippen molar-refractivity contribution < 1.29 is 9.78 Å². The fourth-order valence-electron chi connectivity index (χ4n) is 1.56. The predicted octanol–water partition coefficient (Wildman–Crippen LogP) is 1.94. The van der Waals surface area contributed by atoms with E-state index in [4.69, 9.17) is 4.89 Å². The van der Waals surface area contributed by atoms with Crippen LogP contribution in [0.4, 0.5) is 5.69 Å². The van der Waals surface area contributed by atoms with Crippen LogP contribution >= 0.6 is 0 Å². The second kappa shape index (κ2) is 4.96. The monoisotopic (exact) mass is 221 g/mol. The second-order valence-corrected chi connectivity index (χ2v) is 3.60. The van der Waals surface area contributed by atoms with Gasteiger partial charge in [-0.25, -0.2) is 14.8 Å². The lowest BCUT2D eigenvalue weighted by atomic mass is 10.2. The van der Waals surface area contributed by atoms with E-state index in [1.807, 2.05) is 25.3 Å². The number of pyridine rings is 1. The Balaban J connectivity index is 2.11. The fraction of sp³-hybridized carbons (Fsp3) is 0.364. The summed E-state index contributed by atoms with van der Waals surface area (Å²) < 4.78 is 0. The second-order valence-electron chi connectivity index (χ2n) is 3.60. The van der Waals surface area contributed by atoms with Crippen molar-refractivity contribution in [3.8, 4) is 0 Å². The highest BCUT2D eigenvalue weighted by molar-refractivity contribution is 5.89. The van der Waals surface area contributed by atoms with Gasteiger partial charge in [0.2, 0.25) is 0 Å². The molecule has 1 atom stereocenters. The van der Waals surface area contributed by atoms with Crippen molar-refractivity contribution in [1.29, 1.82) is 0 Å². The lowest BCUT2D eigenvalue weighted by Gasteiger charge is -2.14. The third kappa shape index (κ3) is 2.32. The largest absolute Gasteiger partial charge is 0.380 e. The van der Waals surface area contributed by atoms with E-state index in [0.717, 1.165) is 16.7 Å². The summed E-state index contributed by atoms with van der Waals surface area (Å²) in [4.78, 5) is 16.7. The first-order chi connectivity index (χ1) is 7.81. The Morgan fingerprint density at radius 2 is 2.38 bits per heavy atom. The van der Waals surface area contributed by atoms with Crippen LogP contribution in [0.3, 0.4) is 0 Å². The third-order valence-electron chi connectivity index (χ3n) is 2.30. The maximum Gasteiger partial charge on any atom is 0.139 e. The van der Waals surface area contributed by atoms with Crippen LogP contribution in [0.5, 0.6) is 0 Å². The van der Waals surface area contributed by atoms with Gasteiger partial charge in [-0.05, 0) is 19.1 Å². The van der Waals surface area contributed by atoms with Gasteiger partial charge in [-0.2, -0.15) is 0 Å². The summed E-state index contributed by atoms with van der Waals surface area (Å²) in [6, 6.07) is 4.11. The van der Waals surface area contributed by atoms with Crippen molar-refractivity contribution in [3.05, 3.63) is 24.5 Å². The minimum atomic E-state index is 0.167. The van der Waals surface area contributed by atoms with E-state index in [2.05, 4.69) is 20.2 Å². The number of nitrogens with zero attached hydrogens (tertiary/aromatic N) is 1. The molecule has 86 valence electrons. The summed E-state index contributed by atoms with van der Waals surface area (Å²) in [6.45, 7) is 2.52. The third-order valence-corrected chi connectivity index (χ3v) is 2.30. The number of aromatic amines is 1. The topological polar surface area (TPSA) is 59.2 Å². The molecule has 0 aliphatic rings. The minimum Gasteiger partial charge on any atom is -0.380 e. The molecule has 0 radical (unpaired) electrons. The van der Waals surface area contributed by atoms with E-state index in [9.17, 15) is 0 Å². The smallest absolute Gasteiger partial charge is 0.139 e.